The van der Waals surface area contributed by atoms with Crippen LogP contribution in [0.1, 0.15) is 27.7 Å². The van der Waals surface area contributed by atoms with Gasteiger partial charge in [0.1, 0.15) is 17.6 Å². The van der Waals surface area contributed by atoms with E-state index < -0.39 is 47.2 Å². The first-order chi connectivity index (χ1) is 14.0. The van der Waals surface area contributed by atoms with Gasteiger partial charge < -0.3 is 28.4 Å². The summed E-state index contributed by atoms with van der Waals surface area (Å²) in [5, 5.41) is 0. The molecule has 0 radical (unpaired) electrons. The maximum Gasteiger partial charge on any atom is 0.336 e. The van der Waals surface area contributed by atoms with Gasteiger partial charge in [-0.1, -0.05) is 18.2 Å². The van der Waals surface area contributed by atoms with Crippen molar-refractivity contribution in [2.45, 2.75) is 63.7 Å². The van der Waals surface area contributed by atoms with Gasteiger partial charge in [-0.3, -0.25) is 4.79 Å². The van der Waals surface area contributed by atoms with Crippen molar-refractivity contribution in [2.75, 3.05) is 14.2 Å². The minimum Gasteiger partial charge on any atom is -0.468 e. The summed E-state index contributed by atoms with van der Waals surface area (Å²) in [7, 11) is 2.70. The van der Waals surface area contributed by atoms with E-state index in [1.165, 1.54) is 14.2 Å². The van der Waals surface area contributed by atoms with Gasteiger partial charge in [-0.15, -0.1) is 0 Å². The molecule has 4 aliphatic carbocycles. The summed E-state index contributed by atoms with van der Waals surface area (Å²) in [6.45, 7) is 7.33. The van der Waals surface area contributed by atoms with Gasteiger partial charge in [0.05, 0.1) is 32.0 Å². The summed E-state index contributed by atoms with van der Waals surface area (Å²) in [4.78, 5) is 26.0. The van der Waals surface area contributed by atoms with Crippen molar-refractivity contribution in [3.8, 4) is 0 Å². The summed E-state index contributed by atoms with van der Waals surface area (Å²) in [5.74, 6) is -3.21. The van der Waals surface area contributed by atoms with Crippen LogP contribution < -0.4 is 0 Å². The summed E-state index contributed by atoms with van der Waals surface area (Å²) in [6.07, 6.45) is 3.85. The number of fused-ring (bicyclic) bond motifs is 1. The van der Waals surface area contributed by atoms with E-state index in [9.17, 15) is 9.59 Å². The zero-order valence-electron chi connectivity index (χ0n) is 18.0. The Morgan fingerprint density at radius 2 is 1.60 bits per heavy atom. The topological polar surface area (TPSA) is 89.5 Å². The molecule has 0 N–H and O–H groups in total. The summed E-state index contributed by atoms with van der Waals surface area (Å²) < 4.78 is 35.2. The van der Waals surface area contributed by atoms with Gasteiger partial charge in [0.2, 0.25) is 0 Å². The van der Waals surface area contributed by atoms with E-state index in [0.717, 1.165) is 0 Å². The van der Waals surface area contributed by atoms with Crippen molar-refractivity contribution >= 4 is 11.9 Å². The first-order valence-corrected chi connectivity index (χ1v) is 10.3. The lowest BCUT2D eigenvalue weighted by Gasteiger charge is -2.57. The molecule has 6 rings (SSSR count). The van der Waals surface area contributed by atoms with Gasteiger partial charge in [-0.25, -0.2) is 4.79 Å². The molecular formula is C22H28O8. The fraction of sp³-hybridized carbons (Fsp3) is 0.727. The van der Waals surface area contributed by atoms with Crippen LogP contribution in [0.4, 0.5) is 0 Å². The van der Waals surface area contributed by atoms with Crippen molar-refractivity contribution in [1.29, 1.82) is 0 Å². The zero-order chi connectivity index (χ0) is 21.6. The molecule has 8 nitrogen and oxygen atoms in total. The second-order valence-corrected chi connectivity index (χ2v) is 9.62. The third-order valence-electron chi connectivity index (χ3n) is 7.12. The third kappa shape index (κ3) is 2.48. The minimum atomic E-state index is -1.13. The number of carbonyl (C=O) groups excluding carboxylic acids is 2. The van der Waals surface area contributed by atoms with Crippen molar-refractivity contribution < 1.29 is 38.0 Å². The molecule has 0 aromatic carbocycles. The van der Waals surface area contributed by atoms with Crippen LogP contribution in [0, 0.1) is 23.2 Å². The molecule has 164 valence electrons. The fourth-order valence-corrected chi connectivity index (χ4v) is 6.19. The highest BCUT2D eigenvalue weighted by Gasteiger charge is 2.72. The molecule has 30 heavy (non-hydrogen) atoms. The van der Waals surface area contributed by atoms with Crippen LogP contribution >= 0.6 is 0 Å². The molecule has 0 aromatic heterocycles. The van der Waals surface area contributed by atoms with Crippen LogP contribution in [0.3, 0.4) is 0 Å². The number of methoxy groups -OCH3 is 2. The number of esters is 2. The van der Waals surface area contributed by atoms with Crippen molar-refractivity contribution in [2.24, 2.45) is 23.2 Å². The van der Waals surface area contributed by atoms with Crippen molar-refractivity contribution in [3.05, 3.63) is 23.8 Å². The highest BCUT2D eigenvalue weighted by atomic mass is 16.8. The smallest absolute Gasteiger partial charge is 0.336 e. The molecule has 0 spiro atoms. The summed E-state index contributed by atoms with van der Waals surface area (Å²) in [6, 6.07) is 0. The number of rotatable bonds is 2. The van der Waals surface area contributed by atoms with E-state index in [0.29, 0.717) is 5.57 Å². The Morgan fingerprint density at radius 3 is 2.27 bits per heavy atom. The molecular weight excluding hydrogens is 392 g/mol. The Bertz CT molecular complexity index is 857. The average molecular weight is 420 g/mol. The van der Waals surface area contributed by atoms with Crippen LogP contribution in [-0.4, -0.2) is 62.1 Å². The quantitative estimate of drug-likeness (QED) is 0.493. The van der Waals surface area contributed by atoms with Crippen LogP contribution in [-0.2, 0) is 38.0 Å². The highest BCUT2D eigenvalue weighted by Crippen LogP contribution is 2.63. The van der Waals surface area contributed by atoms with Gasteiger partial charge in [0, 0.05) is 17.8 Å². The molecule has 3 fully saturated rings. The lowest BCUT2D eigenvalue weighted by molar-refractivity contribution is -0.187. The van der Waals surface area contributed by atoms with Crippen molar-refractivity contribution in [1.82, 2.24) is 0 Å². The zero-order valence-corrected chi connectivity index (χ0v) is 18.0. The van der Waals surface area contributed by atoms with Crippen molar-refractivity contribution in [3.63, 3.8) is 0 Å². The molecule has 2 heterocycles. The van der Waals surface area contributed by atoms with Gasteiger partial charge in [0.15, 0.2) is 11.6 Å². The van der Waals surface area contributed by atoms with Crippen LogP contribution in [0.2, 0.25) is 0 Å². The average Bonchev–Trinajstić information content (AvgIpc) is 3.20. The Hall–Kier alpha value is -1.74. The Kier molecular flexibility index (Phi) is 4.14. The second-order valence-electron chi connectivity index (χ2n) is 9.62. The SMILES string of the molecule is COC(=O)C1=C[C@H]2C(C3C=CC2(C(=O)OC)[C@@H]2OC(C)(C)OC32)[C@@H]2OC(C)(C)OC12. The lowest BCUT2D eigenvalue weighted by Crippen LogP contribution is -2.67. The number of ether oxygens (including phenoxy) is 6. The second kappa shape index (κ2) is 6.16. The molecule has 2 bridgehead atoms. The Morgan fingerprint density at radius 1 is 0.933 bits per heavy atom. The molecule has 2 saturated heterocycles. The molecule has 0 aromatic rings. The number of hydrogen-bond acceptors (Lipinski definition) is 8. The highest BCUT2D eigenvalue weighted by molar-refractivity contribution is 5.91. The van der Waals surface area contributed by atoms with E-state index in [4.69, 9.17) is 28.4 Å². The Labute approximate surface area is 175 Å². The van der Waals surface area contributed by atoms with Gasteiger partial charge in [-0.05, 0) is 27.7 Å². The molecule has 2 aliphatic heterocycles. The number of allylic oxidation sites excluding steroid dienone is 1. The van der Waals surface area contributed by atoms with Gasteiger partial charge in [0.25, 0.3) is 0 Å². The molecule has 1 saturated carbocycles. The normalized spacial score (nSPS) is 46.5. The first-order valence-electron chi connectivity index (χ1n) is 10.3. The summed E-state index contributed by atoms with van der Waals surface area (Å²) in [5.41, 5.74) is -0.763. The molecule has 6 aliphatic rings. The predicted molar refractivity (Wildman–Crippen MR) is 102 cm³/mol. The van der Waals surface area contributed by atoms with E-state index in [-0.39, 0.29) is 23.9 Å². The van der Waals surface area contributed by atoms with Crippen LogP contribution in [0.5, 0.6) is 0 Å². The standard InChI is InChI=1S/C22H28O8/c1-20(2)27-14-11(18(23)25-5)9-12-13(16(14)29-20)10-7-8-22(12,19(24)26-6)17-15(10)28-21(3,4)30-17/h7-10,12-17H,1-6H3/t10?,12-,13?,14?,15?,16-,17+,22?/m0/s1. The van der Waals surface area contributed by atoms with Crippen LogP contribution in [0.15, 0.2) is 23.8 Å². The van der Waals surface area contributed by atoms with E-state index in [1.807, 2.05) is 45.9 Å². The largest absolute Gasteiger partial charge is 0.468 e. The lowest BCUT2D eigenvalue weighted by atomic mass is 9.48. The van der Waals surface area contributed by atoms with Crippen LogP contribution in [0.25, 0.3) is 0 Å². The monoisotopic (exact) mass is 420 g/mol. The van der Waals surface area contributed by atoms with E-state index >= 15 is 0 Å². The van der Waals surface area contributed by atoms with E-state index in [1.54, 1.807) is 0 Å². The third-order valence-corrected chi connectivity index (χ3v) is 7.12. The Balaban J connectivity index is 1.70. The van der Waals surface area contributed by atoms with Gasteiger partial charge >= 0.3 is 11.9 Å². The first kappa shape index (κ1) is 20.2. The number of hydrogen-bond donors (Lipinski definition) is 0. The summed E-state index contributed by atoms with van der Waals surface area (Å²) >= 11 is 0. The molecule has 8 heteroatoms. The molecule has 0 amide bonds. The maximum absolute atomic E-state index is 13.3. The predicted octanol–water partition coefficient (Wildman–Crippen LogP) is 1.73. The molecule has 8 atom stereocenters. The minimum absolute atomic E-state index is 0.0613. The van der Waals surface area contributed by atoms with Gasteiger partial charge in [-0.2, -0.15) is 0 Å². The van der Waals surface area contributed by atoms with E-state index in [2.05, 4.69) is 0 Å². The molecule has 5 unspecified atom stereocenters. The fourth-order valence-electron chi connectivity index (χ4n) is 6.19. The maximum atomic E-state index is 13.3. The number of carbonyl (C=O) groups is 2.